The van der Waals surface area contributed by atoms with E-state index >= 15 is 0 Å². The molecule has 2 aromatic rings. The summed E-state index contributed by atoms with van der Waals surface area (Å²) in [7, 11) is 0. The number of halogens is 2. The molecule has 7 nitrogen and oxygen atoms in total. The third-order valence-electron chi connectivity index (χ3n) is 6.28. The second kappa shape index (κ2) is 9.03. The molecule has 0 saturated heterocycles. The first-order valence-electron chi connectivity index (χ1n) is 10.8. The zero-order valence-electron chi connectivity index (χ0n) is 17.7. The third-order valence-corrected chi connectivity index (χ3v) is 6.57. The van der Waals surface area contributed by atoms with Gasteiger partial charge >= 0.3 is 0 Å². The van der Waals surface area contributed by atoms with Crippen LogP contribution in [0.1, 0.15) is 64.2 Å². The van der Waals surface area contributed by atoms with Crippen molar-refractivity contribution in [2.24, 2.45) is 0 Å². The van der Waals surface area contributed by atoms with Crippen molar-refractivity contribution in [1.29, 1.82) is 0 Å². The lowest BCUT2D eigenvalue weighted by atomic mass is 10.0. The summed E-state index contributed by atoms with van der Waals surface area (Å²) in [4.78, 5) is 38.9. The molecule has 1 unspecified atom stereocenters. The number of hydrogen-bond acceptors (Lipinski definition) is 4. The number of nitrogens with one attached hydrogen (secondary N) is 2. The summed E-state index contributed by atoms with van der Waals surface area (Å²) in [6, 6.07) is 3.45. The molecule has 1 saturated carbocycles. The number of aliphatic hydroxyl groups excluding tert-OH is 1. The van der Waals surface area contributed by atoms with Crippen molar-refractivity contribution in [2.75, 3.05) is 5.32 Å². The largest absolute Gasteiger partial charge is 0.391 e. The number of benzene rings is 1. The number of amides is 2. The molecule has 3 N–H and O–H groups in total. The van der Waals surface area contributed by atoms with Gasteiger partial charge in [-0.15, -0.1) is 0 Å². The lowest BCUT2D eigenvalue weighted by Crippen LogP contribution is -2.43. The van der Waals surface area contributed by atoms with E-state index in [4.69, 9.17) is 11.6 Å². The minimum Gasteiger partial charge on any atom is -0.391 e. The Morgan fingerprint density at radius 3 is 2.66 bits per heavy atom. The second-order valence-electron chi connectivity index (χ2n) is 8.39. The molecule has 0 radical (unpaired) electrons. The number of ketones is 1. The van der Waals surface area contributed by atoms with Crippen LogP contribution in [-0.2, 0) is 17.8 Å². The van der Waals surface area contributed by atoms with Crippen molar-refractivity contribution < 1.29 is 23.9 Å². The van der Waals surface area contributed by atoms with E-state index in [1.54, 1.807) is 11.5 Å². The number of anilines is 1. The predicted octanol–water partition coefficient (Wildman–Crippen LogP) is 3.39. The molecular formula is C23H25ClFN3O4. The maximum absolute atomic E-state index is 13.4. The van der Waals surface area contributed by atoms with Crippen LogP contribution in [0.15, 0.2) is 18.2 Å². The molecule has 0 spiro atoms. The molecule has 9 heteroatoms. The van der Waals surface area contributed by atoms with Gasteiger partial charge < -0.3 is 20.3 Å². The van der Waals surface area contributed by atoms with Gasteiger partial charge in [0.1, 0.15) is 5.82 Å². The third kappa shape index (κ3) is 4.17. The van der Waals surface area contributed by atoms with E-state index in [-0.39, 0.29) is 10.7 Å². The van der Waals surface area contributed by atoms with Crippen LogP contribution in [0.2, 0.25) is 5.02 Å². The second-order valence-corrected chi connectivity index (χ2v) is 8.80. The molecule has 2 aliphatic rings. The SMILES string of the molecule is Cc1c(C(=O)Nc2ccc(F)c(Cl)c2)c2n(c1C(=O)C(=O)N[C@H]1CCCC1O)CCCC2. The maximum atomic E-state index is 13.4. The van der Waals surface area contributed by atoms with Crippen LogP contribution < -0.4 is 10.6 Å². The van der Waals surface area contributed by atoms with Crippen LogP contribution >= 0.6 is 11.6 Å². The van der Waals surface area contributed by atoms with Crippen LogP contribution in [0.5, 0.6) is 0 Å². The summed E-state index contributed by atoms with van der Waals surface area (Å²) < 4.78 is 15.2. The van der Waals surface area contributed by atoms with Gasteiger partial charge in [-0.25, -0.2) is 4.39 Å². The van der Waals surface area contributed by atoms with E-state index < -0.39 is 35.6 Å². The van der Waals surface area contributed by atoms with Crippen molar-refractivity contribution in [1.82, 2.24) is 9.88 Å². The Bertz CT molecular complexity index is 1100. The van der Waals surface area contributed by atoms with Gasteiger partial charge in [-0.2, -0.15) is 0 Å². The summed E-state index contributed by atoms with van der Waals surface area (Å²) in [5, 5.41) is 15.2. The number of fused-ring (bicyclic) bond motifs is 1. The van der Waals surface area contributed by atoms with Gasteiger partial charge in [-0.3, -0.25) is 14.4 Å². The summed E-state index contributed by atoms with van der Waals surface area (Å²) in [6.45, 7) is 2.19. The molecule has 1 fully saturated rings. The Kier molecular flexibility index (Phi) is 6.35. The first-order valence-corrected chi connectivity index (χ1v) is 11.2. The monoisotopic (exact) mass is 461 g/mol. The smallest absolute Gasteiger partial charge is 0.294 e. The zero-order valence-corrected chi connectivity index (χ0v) is 18.5. The molecule has 2 heterocycles. The first kappa shape index (κ1) is 22.5. The van der Waals surface area contributed by atoms with Crippen molar-refractivity contribution >= 4 is 34.9 Å². The number of carbonyl (C=O) groups excluding carboxylic acids is 3. The Labute approximate surface area is 189 Å². The molecule has 1 aromatic carbocycles. The molecule has 32 heavy (non-hydrogen) atoms. The Morgan fingerprint density at radius 2 is 1.97 bits per heavy atom. The highest BCUT2D eigenvalue weighted by Crippen LogP contribution is 2.30. The van der Waals surface area contributed by atoms with Crippen LogP contribution in [0.25, 0.3) is 0 Å². The van der Waals surface area contributed by atoms with E-state index in [2.05, 4.69) is 10.6 Å². The predicted molar refractivity (Wildman–Crippen MR) is 118 cm³/mol. The number of aromatic nitrogens is 1. The van der Waals surface area contributed by atoms with Crippen molar-refractivity contribution in [3.8, 4) is 0 Å². The number of Topliss-reactive ketones (excluding diaryl/α,β-unsaturated/α-hetero) is 1. The molecule has 1 aliphatic carbocycles. The summed E-state index contributed by atoms with van der Waals surface area (Å²) >= 11 is 5.81. The highest BCUT2D eigenvalue weighted by molar-refractivity contribution is 6.43. The van der Waals surface area contributed by atoms with Gasteiger partial charge in [-0.05, 0) is 69.2 Å². The summed E-state index contributed by atoms with van der Waals surface area (Å²) in [6.07, 6.45) is 3.65. The van der Waals surface area contributed by atoms with Crippen LogP contribution in [0.4, 0.5) is 10.1 Å². The minimum atomic E-state index is -0.776. The average Bonchev–Trinajstić information content (AvgIpc) is 3.29. The summed E-state index contributed by atoms with van der Waals surface area (Å²) in [5.41, 5.74) is 2.02. The molecule has 170 valence electrons. The highest BCUT2D eigenvalue weighted by Gasteiger charge is 2.34. The molecule has 4 rings (SSSR count). The fraction of sp³-hybridized carbons (Fsp3) is 0.435. The topological polar surface area (TPSA) is 100 Å². The minimum absolute atomic E-state index is 0.111. The number of rotatable bonds is 5. The number of hydrogen-bond donors (Lipinski definition) is 3. The molecule has 1 aliphatic heterocycles. The molecule has 2 atom stereocenters. The van der Waals surface area contributed by atoms with Crippen LogP contribution in [0.3, 0.4) is 0 Å². The number of nitrogens with zero attached hydrogens (tertiary/aromatic N) is 1. The first-order chi connectivity index (χ1) is 15.3. The van der Waals surface area contributed by atoms with Gasteiger partial charge in [0.05, 0.1) is 28.4 Å². The number of carbonyl (C=O) groups is 3. The Hall–Kier alpha value is -2.71. The van der Waals surface area contributed by atoms with Crippen molar-refractivity contribution in [3.05, 3.63) is 51.6 Å². The lowest BCUT2D eigenvalue weighted by Gasteiger charge is -2.19. The van der Waals surface area contributed by atoms with Gasteiger partial charge in [0.2, 0.25) is 0 Å². The van der Waals surface area contributed by atoms with Crippen LogP contribution in [-0.4, -0.2) is 39.4 Å². The van der Waals surface area contributed by atoms with Gasteiger partial charge in [-0.1, -0.05) is 11.6 Å². The zero-order chi connectivity index (χ0) is 23.0. The molecule has 2 amide bonds. The fourth-order valence-corrected chi connectivity index (χ4v) is 4.87. The van der Waals surface area contributed by atoms with Gasteiger partial charge in [0.25, 0.3) is 17.6 Å². The standard InChI is InChI=1S/C23H25ClFN3O4/c1-12-19(22(31)26-13-8-9-15(25)14(24)11-13)17-6-2-3-10-28(17)20(12)21(30)23(32)27-16-5-4-7-18(16)29/h8-9,11,16,18,29H,2-7,10H2,1H3,(H,26,31)(H,27,32)/t16-,18?/m0/s1. The van der Waals surface area contributed by atoms with Crippen molar-refractivity contribution in [3.63, 3.8) is 0 Å². The van der Waals surface area contributed by atoms with Gasteiger partial charge in [0, 0.05) is 17.9 Å². The molecular weight excluding hydrogens is 437 g/mol. The van der Waals surface area contributed by atoms with E-state index in [0.29, 0.717) is 48.3 Å². The van der Waals surface area contributed by atoms with E-state index in [1.807, 2.05) is 0 Å². The lowest BCUT2D eigenvalue weighted by molar-refractivity contribution is -0.118. The Morgan fingerprint density at radius 1 is 1.19 bits per heavy atom. The van der Waals surface area contributed by atoms with E-state index in [1.165, 1.54) is 12.1 Å². The Balaban J connectivity index is 1.64. The maximum Gasteiger partial charge on any atom is 0.294 e. The fourth-order valence-electron chi connectivity index (χ4n) is 4.69. The van der Waals surface area contributed by atoms with E-state index in [9.17, 15) is 23.9 Å². The quantitative estimate of drug-likeness (QED) is 0.469. The normalized spacial score (nSPS) is 20.0. The van der Waals surface area contributed by atoms with E-state index in [0.717, 1.165) is 25.3 Å². The van der Waals surface area contributed by atoms with Crippen LogP contribution in [0, 0.1) is 12.7 Å². The molecule has 0 bridgehead atoms. The van der Waals surface area contributed by atoms with Crippen molar-refractivity contribution in [2.45, 2.75) is 64.1 Å². The highest BCUT2D eigenvalue weighted by atomic mass is 35.5. The van der Waals surface area contributed by atoms with Gasteiger partial charge in [0.15, 0.2) is 0 Å². The summed E-state index contributed by atoms with van der Waals surface area (Å²) in [5.74, 6) is -2.52. The average molecular weight is 462 g/mol. The number of aliphatic hydroxyl groups is 1. The molecule has 1 aromatic heterocycles.